The number of rotatable bonds is 6. The molecule has 2 rings (SSSR count). The Labute approximate surface area is 119 Å². The molecule has 1 aromatic rings. The van der Waals surface area contributed by atoms with Crippen molar-refractivity contribution in [3.05, 3.63) is 23.4 Å². The van der Waals surface area contributed by atoms with Crippen LogP contribution in [0.25, 0.3) is 0 Å². The molecule has 0 spiro atoms. The number of thioether (sulfide) groups is 1. The molecule has 1 unspecified atom stereocenters. The van der Waals surface area contributed by atoms with Crippen molar-refractivity contribution >= 4 is 11.8 Å². The Kier molecular flexibility index (Phi) is 4.49. The molecule has 1 aliphatic carbocycles. The first-order chi connectivity index (χ1) is 9.00. The molecule has 0 amide bonds. The van der Waals surface area contributed by atoms with Gasteiger partial charge in [0.15, 0.2) is 0 Å². The zero-order chi connectivity index (χ0) is 13.9. The van der Waals surface area contributed by atoms with Crippen molar-refractivity contribution < 1.29 is 0 Å². The first-order valence-electron chi connectivity index (χ1n) is 6.78. The second-order valence-corrected chi connectivity index (χ2v) is 6.70. The van der Waals surface area contributed by atoms with Crippen LogP contribution in [0.4, 0.5) is 0 Å². The van der Waals surface area contributed by atoms with E-state index in [4.69, 9.17) is 0 Å². The molecule has 1 N–H and O–H groups in total. The highest BCUT2D eigenvalue weighted by molar-refractivity contribution is 7.99. The van der Waals surface area contributed by atoms with Crippen molar-refractivity contribution in [1.82, 2.24) is 10.3 Å². The molecule has 1 aliphatic rings. The molecular weight excluding hydrogens is 254 g/mol. The van der Waals surface area contributed by atoms with Gasteiger partial charge in [0.05, 0.1) is 11.1 Å². The van der Waals surface area contributed by atoms with E-state index in [1.54, 1.807) is 11.8 Å². The second-order valence-electron chi connectivity index (χ2n) is 5.59. The molecule has 1 fully saturated rings. The van der Waals surface area contributed by atoms with Gasteiger partial charge >= 0.3 is 0 Å². The van der Waals surface area contributed by atoms with Crippen molar-refractivity contribution in [2.75, 3.05) is 5.75 Å². The Balaban J connectivity index is 1.86. The molecule has 1 heterocycles. The maximum atomic E-state index is 9.31. The van der Waals surface area contributed by atoms with E-state index in [9.17, 15) is 5.26 Å². The fourth-order valence-electron chi connectivity index (χ4n) is 2.08. The Morgan fingerprint density at radius 1 is 1.47 bits per heavy atom. The zero-order valence-electron chi connectivity index (χ0n) is 11.9. The third-order valence-electron chi connectivity index (χ3n) is 3.27. The molecule has 102 valence electrons. The summed E-state index contributed by atoms with van der Waals surface area (Å²) in [4.78, 5) is 4.51. The fourth-order valence-corrected chi connectivity index (χ4v) is 3.27. The molecule has 0 saturated heterocycles. The van der Waals surface area contributed by atoms with Crippen LogP contribution in [-0.4, -0.2) is 22.3 Å². The first kappa shape index (κ1) is 14.4. The average Bonchev–Trinajstić information content (AvgIpc) is 3.11. The summed E-state index contributed by atoms with van der Waals surface area (Å²) >= 11 is 1.74. The van der Waals surface area contributed by atoms with E-state index in [2.05, 4.69) is 35.4 Å². The lowest BCUT2D eigenvalue weighted by Crippen LogP contribution is -2.42. The predicted molar refractivity (Wildman–Crippen MR) is 79.2 cm³/mol. The molecule has 0 radical (unpaired) electrons. The SMILES string of the molecule is Cc1cc(C)nc(SCCC(C)(C#N)NC2CC2)c1. The van der Waals surface area contributed by atoms with E-state index in [1.165, 1.54) is 18.4 Å². The lowest BCUT2D eigenvalue weighted by atomic mass is 10.0. The second kappa shape index (κ2) is 5.94. The average molecular weight is 275 g/mol. The van der Waals surface area contributed by atoms with Gasteiger partial charge in [0.25, 0.3) is 0 Å². The quantitative estimate of drug-likeness (QED) is 0.810. The highest BCUT2D eigenvalue weighted by Gasteiger charge is 2.32. The first-order valence-corrected chi connectivity index (χ1v) is 7.76. The Bertz CT molecular complexity index is 470. The number of nitrogens with one attached hydrogen (secondary N) is 1. The summed E-state index contributed by atoms with van der Waals surface area (Å²) in [7, 11) is 0. The van der Waals surface area contributed by atoms with Crippen molar-refractivity contribution in [2.24, 2.45) is 0 Å². The van der Waals surface area contributed by atoms with Crippen LogP contribution in [0.2, 0.25) is 0 Å². The molecular formula is C15H21N3S. The number of hydrogen-bond acceptors (Lipinski definition) is 4. The van der Waals surface area contributed by atoms with Crippen LogP contribution in [0.15, 0.2) is 17.2 Å². The summed E-state index contributed by atoms with van der Waals surface area (Å²) in [5.41, 5.74) is 1.91. The van der Waals surface area contributed by atoms with Crippen LogP contribution < -0.4 is 5.32 Å². The Morgan fingerprint density at radius 3 is 2.79 bits per heavy atom. The van der Waals surface area contributed by atoms with Crippen molar-refractivity contribution in [3.8, 4) is 6.07 Å². The summed E-state index contributed by atoms with van der Waals surface area (Å²) in [6.45, 7) is 6.11. The van der Waals surface area contributed by atoms with Gasteiger partial charge < -0.3 is 0 Å². The van der Waals surface area contributed by atoms with Gasteiger partial charge in [-0.15, -0.1) is 11.8 Å². The van der Waals surface area contributed by atoms with Gasteiger partial charge in [-0.3, -0.25) is 5.32 Å². The van der Waals surface area contributed by atoms with Crippen LogP contribution in [0, 0.1) is 25.2 Å². The van der Waals surface area contributed by atoms with Gasteiger partial charge in [-0.25, -0.2) is 4.98 Å². The van der Waals surface area contributed by atoms with E-state index in [0.717, 1.165) is 22.9 Å². The maximum Gasteiger partial charge on any atom is 0.104 e. The minimum atomic E-state index is -0.396. The number of aryl methyl sites for hydroxylation is 2. The van der Waals surface area contributed by atoms with Gasteiger partial charge in [-0.05, 0) is 57.7 Å². The largest absolute Gasteiger partial charge is 0.297 e. The van der Waals surface area contributed by atoms with E-state index in [0.29, 0.717) is 6.04 Å². The van der Waals surface area contributed by atoms with Crippen molar-refractivity contribution in [3.63, 3.8) is 0 Å². The highest BCUT2D eigenvalue weighted by atomic mass is 32.2. The van der Waals surface area contributed by atoms with Crippen LogP contribution in [0.3, 0.4) is 0 Å². The number of hydrogen-bond donors (Lipinski definition) is 1. The number of nitrogens with zero attached hydrogens (tertiary/aromatic N) is 2. The summed E-state index contributed by atoms with van der Waals surface area (Å²) in [5, 5.41) is 13.8. The predicted octanol–water partition coefficient (Wildman–Crippen LogP) is 3.21. The lowest BCUT2D eigenvalue weighted by molar-refractivity contribution is 0.433. The molecule has 1 atom stereocenters. The van der Waals surface area contributed by atoms with Crippen molar-refractivity contribution in [2.45, 2.75) is 56.6 Å². The zero-order valence-corrected chi connectivity index (χ0v) is 12.7. The molecule has 3 nitrogen and oxygen atoms in total. The molecule has 0 bridgehead atoms. The molecule has 1 saturated carbocycles. The van der Waals surface area contributed by atoms with Crippen LogP contribution >= 0.6 is 11.8 Å². The molecule has 4 heteroatoms. The number of nitriles is 1. The van der Waals surface area contributed by atoms with Gasteiger partial charge in [-0.2, -0.15) is 5.26 Å². The van der Waals surface area contributed by atoms with Gasteiger partial charge in [0, 0.05) is 17.5 Å². The number of aromatic nitrogens is 1. The van der Waals surface area contributed by atoms with Crippen LogP contribution in [-0.2, 0) is 0 Å². The lowest BCUT2D eigenvalue weighted by Gasteiger charge is -2.22. The van der Waals surface area contributed by atoms with Gasteiger partial charge in [0.1, 0.15) is 5.54 Å². The third kappa shape index (κ3) is 4.52. The fraction of sp³-hybridized carbons (Fsp3) is 0.600. The third-order valence-corrected chi connectivity index (χ3v) is 4.19. The minimum Gasteiger partial charge on any atom is -0.297 e. The smallest absolute Gasteiger partial charge is 0.104 e. The van der Waals surface area contributed by atoms with E-state index in [1.807, 2.05) is 13.8 Å². The van der Waals surface area contributed by atoms with Gasteiger partial charge in [-0.1, -0.05) is 0 Å². The van der Waals surface area contributed by atoms with E-state index in [-0.39, 0.29) is 0 Å². The topological polar surface area (TPSA) is 48.7 Å². The summed E-state index contributed by atoms with van der Waals surface area (Å²) < 4.78 is 0. The Morgan fingerprint density at radius 2 is 2.21 bits per heavy atom. The maximum absolute atomic E-state index is 9.31. The molecule has 1 aromatic heterocycles. The van der Waals surface area contributed by atoms with Gasteiger partial charge in [0.2, 0.25) is 0 Å². The molecule has 19 heavy (non-hydrogen) atoms. The Hall–Kier alpha value is -1.05. The van der Waals surface area contributed by atoms with E-state index >= 15 is 0 Å². The highest BCUT2D eigenvalue weighted by Crippen LogP contribution is 2.26. The number of pyridine rings is 1. The van der Waals surface area contributed by atoms with Crippen molar-refractivity contribution in [1.29, 1.82) is 5.26 Å². The summed E-state index contributed by atoms with van der Waals surface area (Å²) in [5.74, 6) is 0.916. The molecule has 0 aromatic carbocycles. The minimum absolute atomic E-state index is 0.396. The summed E-state index contributed by atoms with van der Waals surface area (Å²) in [6, 6.07) is 7.17. The monoisotopic (exact) mass is 275 g/mol. The standard InChI is InChI=1S/C15H21N3S/c1-11-8-12(2)17-14(9-11)19-7-6-15(3,10-16)18-13-4-5-13/h8-9,13,18H,4-7H2,1-3H3. The summed E-state index contributed by atoms with van der Waals surface area (Å²) in [6.07, 6.45) is 3.27. The van der Waals surface area contributed by atoms with Crippen LogP contribution in [0.5, 0.6) is 0 Å². The normalized spacial score (nSPS) is 17.8. The molecule has 0 aliphatic heterocycles. The van der Waals surface area contributed by atoms with Crippen LogP contribution in [0.1, 0.15) is 37.4 Å². The van der Waals surface area contributed by atoms with E-state index < -0.39 is 5.54 Å².